The second-order valence-electron chi connectivity index (χ2n) is 16.7. The Morgan fingerprint density at radius 3 is 1.85 bits per heavy atom. The maximum atomic E-state index is 14.2. The molecule has 2 aromatic rings. The Morgan fingerprint density at radius 1 is 0.712 bits per heavy atom. The van der Waals surface area contributed by atoms with Crippen molar-refractivity contribution in [2.45, 2.75) is 87.2 Å². The van der Waals surface area contributed by atoms with E-state index >= 15 is 0 Å². The van der Waals surface area contributed by atoms with E-state index in [2.05, 4.69) is 42.2 Å². The number of rotatable bonds is 20. The normalized spacial score (nSPS) is 20.7. The second kappa shape index (κ2) is 30.3. The SMILES string of the molecule is CN(CC(=O)N[C@@H](CCCN=C(N)N)C(=O)NCC(N)=O)C(=O)[C@@H]1CSSC[C@@H](N)C(=O)N[C@H](Cc2ccc(O)cc2)C(=O)N[C@@H](Cc2ccccc2)C(=O)N[C@H](CCC(N)=O)C(=O)N[C@@H](CC(N)=O)C(=O)N1. The van der Waals surface area contributed by atoms with Crippen molar-refractivity contribution in [2.24, 2.45) is 39.4 Å². The first kappa shape index (κ1) is 59.6. The number of aromatic hydroxyl groups is 1. The van der Waals surface area contributed by atoms with Gasteiger partial charge in [0.05, 0.1) is 25.6 Å². The number of benzene rings is 2. The molecule has 0 saturated carbocycles. The Balaban J connectivity index is 2.02. The van der Waals surface area contributed by atoms with Crippen molar-refractivity contribution < 1.29 is 57.8 Å². The van der Waals surface area contributed by atoms with Gasteiger partial charge in [0.15, 0.2) is 5.96 Å². The summed E-state index contributed by atoms with van der Waals surface area (Å²) in [5.74, 6) is -10.9. The monoisotopic (exact) mass is 1060 g/mol. The largest absolute Gasteiger partial charge is 0.508 e. The molecule has 3 rings (SSSR count). The zero-order valence-electron chi connectivity index (χ0n) is 39.8. The Kier molecular flexibility index (Phi) is 24.7. The minimum atomic E-state index is -1.80. The van der Waals surface area contributed by atoms with Crippen molar-refractivity contribution in [3.8, 4) is 5.75 Å². The average Bonchev–Trinajstić information content (AvgIpc) is 3.32. The predicted molar refractivity (Wildman–Crippen MR) is 268 cm³/mol. The molecule has 1 heterocycles. The molecule has 1 fully saturated rings. The zero-order valence-corrected chi connectivity index (χ0v) is 41.5. The van der Waals surface area contributed by atoms with E-state index in [1.54, 1.807) is 30.3 Å². The second-order valence-corrected chi connectivity index (χ2v) is 19.2. The van der Waals surface area contributed by atoms with E-state index in [-0.39, 0.29) is 55.4 Å². The molecule has 29 heteroatoms. The standard InChI is InChI=1S/C44H63N15O12S2/c1-59(20-36(64)53-27(8-5-15-51-44(49)50)38(66)52-19-35(48)63)43(71)32-22-73-72-21-26(45)37(65)55-29(17-24-9-11-25(60)12-10-24)41(69)56-30(16-23-6-3-2-4-7-23)40(68)54-28(13-14-33(46)61)39(67)57-31(18-34(47)62)42(70)58-32/h2-4,6-7,9-12,26-32,60H,5,8,13-22,45H2,1H3,(H2,46,61)(H2,47,62)(H2,48,63)(H,52,66)(H,53,64)(H,54,68)(H,55,65)(H,56,69)(H,57,67)(H,58,70)(H4,49,50,51)/t26-,27+,28-,29-,30+,31+,32+/m1/s1. The van der Waals surface area contributed by atoms with Gasteiger partial charge in [0.1, 0.15) is 42.0 Å². The van der Waals surface area contributed by atoms with Crippen LogP contribution in [0.5, 0.6) is 5.75 Å². The highest BCUT2D eigenvalue weighted by Gasteiger charge is 2.35. The molecule has 0 bridgehead atoms. The van der Waals surface area contributed by atoms with E-state index in [1.165, 1.54) is 31.3 Å². The summed E-state index contributed by atoms with van der Waals surface area (Å²) < 4.78 is 0. The van der Waals surface area contributed by atoms with E-state index in [9.17, 15) is 57.8 Å². The quantitative estimate of drug-likeness (QED) is 0.0254. The topological polar surface area (TPSA) is 464 Å². The molecular formula is C44H63N15O12S2. The van der Waals surface area contributed by atoms with Gasteiger partial charge in [0.25, 0.3) is 0 Å². The van der Waals surface area contributed by atoms with E-state index in [1.807, 2.05) is 0 Å². The van der Waals surface area contributed by atoms with E-state index < -0.39 is 140 Å². The van der Waals surface area contributed by atoms with Gasteiger partial charge >= 0.3 is 0 Å². The lowest BCUT2D eigenvalue weighted by molar-refractivity contribution is -0.139. The summed E-state index contributed by atoms with van der Waals surface area (Å²) in [5, 5.41) is 27.3. The number of hydrogen-bond donors (Lipinski definition) is 14. The lowest BCUT2D eigenvalue weighted by Crippen LogP contribution is -2.61. The van der Waals surface area contributed by atoms with Crippen molar-refractivity contribution in [2.75, 3.05) is 38.2 Å². The molecule has 0 aromatic heterocycles. The number of phenolic OH excluding ortho intramolecular Hbond substituents is 1. The number of aliphatic imine (C=N–C) groups is 1. The smallest absolute Gasteiger partial charge is 0.246 e. The first-order valence-electron chi connectivity index (χ1n) is 22.6. The molecule has 11 amide bonds. The first-order chi connectivity index (χ1) is 34.5. The highest BCUT2D eigenvalue weighted by Crippen LogP contribution is 2.24. The number of guanidine groups is 1. The molecule has 20 N–H and O–H groups in total. The van der Waals surface area contributed by atoms with Gasteiger partial charge in [0.2, 0.25) is 65.0 Å². The summed E-state index contributed by atoms with van der Waals surface area (Å²) in [6.07, 6.45) is -1.86. The van der Waals surface area contributed by atoms with Gasteiger partial charge in [-0.15, -0.1) is 0 Å². The molecular weight excluding hydrogens is 995 g/mol. The van der Waals surface area contributed by atoms with Crippen LogP contribution in [0.3, 0.4) is 0 Å². The minimum Gasteiger partial charge on any atom is -0.508 e. The number of hydrogen-bond acceptors (Lipinski definition) is 16. The number of phenols is 1. The average molecular weight is 1060 g/mol. The number of carbonyl (C=O) groups is 11. The zero-order chi connectivity index (χ0) is 54.2. The third kappa shape index (κ3) is 22.1. The highest BCUT2D eigenvalue weighted by molar-refractivity contribution is 8.76. The van der Waals surface area contributed by atoms with Crippen molar-refractivity contribution in [1.82, 2.24) is 42.1 Å². The van der Waals surface area contributed by atoms with Gasteiger partial charge < -0.3 is 81.6 Å². The van der Waals surface area contributed by atoms with Crippen LogP contribution in [0.25, 0.3) is 0 Å². The van der Waals surface area contributed by atoms with E-state index in [0.29, 0.717) is 11.1 Å². The number of nitrogens with one attached hydrogen (secondary N) is 7. The minimum absolute atomic E-state index is 0.0158. The summed E-state index contributed by atoms with van der Waals surface area (Å²) in [4.78, 5) is 151. The van der Waals surface area contributed by atoms with Crippen LogP contribution in [0.4, 0.5) is 0 Å². The summed E-state index contributed by atoms with van der Waals surface area (Å²) >= 11 is 0. The summed E-state index contributed by atoms with van der Waals surface area (Å²) in [5.41, 5.74) is 34.1. The van der Waals surface area contributed by atoms with Crippen LogP contribution in [-0.2, 0) is 65.6 Å². The van der Waals surface area contributed by atoms with Gasteiger partial charge in [0, 0.05) is 44.4 Å². The molecule has 0 spiro atoms. The summed E-state index contributed by atoms with van der Waals surface area (Å²) in [6, 6.07) is 3.88. The maximum absolute atomic E-state index is 14.2. The first-order valence-corrected chi connectivity index (χ1v) is 25.1. The molecule has 73 heavy (non-hydrogen) atoms. The third-order valence-corrected chi connectivity index (χ3v) is 13.0. The molecule has 7 atom stereocenters. The van der Waals surface area contributed by atoms with Crippen LogP contribution in [0, 0.1) is 0 Å². The third-order valence-electron chi connectivity index (χ3n) is 10.6. The molecule has 1 aliphatic rings. The summed E-state index contributed by atoms with van der Waals surface area (Å²) in [6.45, 7) is -1.16. The van der Waals surface area contributed by atoms with Gasteiger partial charge in [-0.1, -0.05) is 64.1 Å². The Bertz CT molecular complexity index is 2330. The number of carbonyl (C=O) groups excluding carboxylic acids is 11. The van der Waals surface area contributed by atoms with Crippen LogP contribution in [-0.4, -0.2) is 161 Å². The molecule has 0 unspecified atom stereocenters. The van der Waals surface area contributed by atoms with E-state index in [4.69, 9.17) is 34.4 Å². The molecule has 398 valence electrons. The fourth-order valence-corrected chi connectivity index (χ4v) is 9.10. The maximum Gasteiger partial charge on any atom is 0.246 e. The Labute approximate surface area is 427 Å². The molecule has 0 aliphatic carbocycles. The number of nitrogens with two attached hydrogens (primary N) is 6. The number of amides is 11. The van der Waals surface area contributed by atoms with Crippen LogP contribution in [0.2, 0.25) is 0 Å². The van der Waals surface area contributed by atoms with Gasteiger partial charge in [-0.25, -0.2) is 0 Å². The highest BCUT2D eigenvalue weighted by atomic mass is 33.1. The Hall–Kier alpha value is -7.66. The van der Waals surface area contributed by atoms with Crippen LogP contribution in [0.15, 0.2) is 59.6 Å². The molecule has 1 aliphatic heterocycles. The van der Waals surface area contributed by atoms with Gasteiger partial charge in [-0.3, -0.25) is 57.7 Å². The number of likely N-dealkylation sites (N-methyl/N-ethyl adjacent to an activating group) is 1. The molecule has 2 aromatic carbocycles. The number of nitrogens with zero attached hydrogens (tertiary/aromatic N) is 2. The molecule has 1 saturated heterocycles. The van der Waals surface area contributed by atoms with Crippen molar-refractivity contribution in [3.05, 3.63) is 65.7 Å². The molecule has 0 radical (unpaired) electrons. The Morgan fingerprint density at radius 2 is 1.26 bits per heavy atom. The van der Waals surface area contributed by atoms with E-state index in [0.717, 1.165) is 26.5 Å². The fraction of sp³-hybridized carbons (Fsp3) is 0.455. The lowest BCUT2D eigenvalue weighted by Gasteiger charge is -2.28. The fourth-order valence-electron chi connectivity index (χ4n) is 6.83. The predicted octanol–water partition coefficient (Wildman–Crippen LogP) is -5.94. The van der Waals surface area contributed by atoms with Crippen LogP contribution >= 0.6 is 21.6 Å². The molecule has 27 nitrogen and oxygen atoms in total. The van der Waals surface area contributed by atoms with Gasteiger partial charge in [-0.05, 0) is 42.5 Å². The van der Waals surface area contributed by atoms with Crippen LogP contribution in [0.1, 0.15) is 43.2 Å². The van der Waals surface area contributed by atoms with Gasteiger partial charge in [-0.2, -0.15) is 0 Å². The van der Waals surface area contributed by atoms with Crippen molar-refractivity contribution >= 4 is 92.5 Å². The summed E-state index contributed by atoms with van der Waals surface area (Å²) in [7, 11) is 3.14. The van der Waals surface area contributed by atoms with Crippen molar-refractivity contribution in [1.29, 1.82) is 0 Å². The lowest BCUT2D eigenvalue weighted by atomic mass is 10.0. The number of primary amides is 3. The van der Waals surface area contributed by atoms with Crippen LogP contribution < -0.4 is 71.6 Å². The van der Waals surface area contributed by atoms with Crippen molar-refractivity contribution in [3.63, 3.8) is 0 Å².